The standard InChI is InChI=1S/C14H27N7.HI/c1-4-15-14(17-10-13-19-18-11-20(13)3)16-9-12-7-6-8-21(12)5-2;/h11-12H,4-10H2,1-3H3,(H2,15,16,17);1H. The molecule has 1 fully saturated rings. The fourth-order valence-corrected chi connectivity index (χ4v) is 2.70. The third-order valence-corrected chi connectivity index (χ3v) is 3.94. The molecule has 0 bridgehead atoms. The summed E-state index contributed by atoms with van der Waals surface area (Å²) in [6.45, 7) is 8.98. The van der Waals surface area contributed by atoms with E-state index in [1.54, 1.807) is 6.33 Å². The summed E-state index contributed by atoms with van der Waals surface area (Å²) in [4.78, 5) is 7.11. The molecule has 22 heavy (non-hydrogen) atoms. The van der Waals surface area contributed by atoms with Gasteiger partial charge in [-0.2, -0.15) is 0 Å². The van der Waals surface area contributed by atoms with Crippen LogP contribution >= 0.6 is 24.0 Å². The van der Waals surface area contributed by atoms with Crippen LogP contribution in [-0.2, 0) is 13.6 Å². The first-order chi connectivity index (χ1) is 10.2. The molecular weight excluding hydrogens is 393 g/mol. The summed E-state index contributed by atoms with van der Waals surface area (Å²) in [5.74, 6) is 1.71. The Kier molecular flexibility index (Phi) is 8.69. The molecule has 1 saturated heterocycles. The molecule has 0 spiro atoms. The highest BCUT2D eigenvalue weighted by Crippen LogP contribution is 2.15. The van der Waals surface area contributed by atoms with Crippen molar-refractivity contribution in [2.24, 2.45) is 12.0 Å². The number of nitrogens with zero attached hydrogens (tertiary/aromatic N) is 5. The van der Waals surface area contributed by atoms with Gasteiger partial charge in [-0.05, 0) is 32.9 Å². The van der Waals surface area contributed by atoms with Crippen molar-refractivity contribution in [1.29, 1.82) is 0 Å². The molecule has 1 aromatic heterocycles. The second-order valence-electron chi connectivity index (χ2n) is 5.36. The van der Waals surface area contributed by atoms with E-state index in [0.717, 1.165) is 31.4 Å². The van der Waals surface area contributed by atoms with Crippen LogP contribution in [0.4, 0.5) is 0 Å². The fraction of sp³-hybridized carbons (Fsp3) is 0.786. The van der Waals surface area contributed by atoms with Crippen LogP contribution in [-0.4, -0.2) is 57.8 Å². The predicted molar refractivity (Wildman–Crippen MR) is 99.5 cm³/mol. The Labute approximate surface area is 150 Å². The molecule has 1 aliphatic rings. The molecular formula is C14H28IN7. The Morgan fingerprint density at radius 1 is 1.41 bits per heavy atom. The monoisotopic (exact) mass is 421 g/mol. The van der Waals surface area contributed by atoms with Gasteiger partial charge in [0.15, 0.2) is 11.8 Å². The molecule has 0 radical (unpaired) electrons. The Morgan fingerprint density at radius 3 is 2.86 bits per heavy atom. The van der Waals surface area contributed by atoms with E-state index in [9.17, 15) is 0 Å². The molecule has 0 amide bonds. The zero-order chi connectivity index (χ0) is 15.1. The number of aliphatic imine (C=N–C) groups is 1. The Hall–Kier alpha value is -0.900. The predicted octanol–water partition coefficient (Wildman–Crippen LogP) is 0.972. The van der Waals surface area contributed by atoms with Gasteiger partial charge in [0.25, 0.3) is 0 Å². The average Bonchev–Trinajstić information content (AvgIpc) is 3.10. The summed E-state index contributed by atoms with van der Waals surface area (Å²) in [7, 11) is 1.93. The number of likely N-dealkylation sites (tertiary alicyclic amines) is 1. The molecule has 2 N–H and O–H groups in total. The lowest BCUT2D eigenvalue weighted by molar-refractivity contribution is 0.267. The van der Waals surface area contributed by atoms with Crippen LogP contribution in [0, 0.1) is 0 Å². The quantitative estimate of drug-likeness (QED) is 0.407. The normalized spacial score (nSPS) is 19.0. The highest BCUT2D eigenvalue weighted by atomic mass is 127. The largest absolute Gasteiger partial charge is 0.357 e. The van der Waals surface area contributed by atoms with E-state index in [4.69, 9.17) is 0 Å². The number of rotatable bonds is 6. The first kappa shape index (κ1) is 19.1. The second kappa shape index (κ2) is 9.98. The third-order valence-electron chi connectivity index (χ3n) is 3.94. The van der Waals surface area contributed by atoms with E-state index >= 15 is 0 Å². The van der Waals surface area contributed by atoms with E-state index in [2.05, 4.69) is 44.6 Å². The topological polar surface area (TPSA) is 70.4 Å². The van der Waals surface area contributed by atoms with Crippen molar-refractivity contribution in [2.75, 3.05) is 26.2 Å². The highest BCUT2D eigenvalue weighted by Gasteiger charge is 2.22. The van der Waals surface area contributed by atoms with Crippen molar-refractivity contribution in [3.63, 3.8) is 0 Å². The van der Waals surface area contributed by atoms with Crippen LogP contribution < -0.4 is 10.6 Å². The lowest BCUT2D eigenvalue weighted by atomic mass is 10.2. The maximum absolute atomic E-state index is 4.58. The van der Waals surface area contributed by atoms with Gasteiger partial charge < -0.3 is 15.2 Å². The number of nitrogens with one attached hydrogen (secondary N) is 2. The highest BCUT2D eigenvalue weighted by molar-refractivity contribution is 14.0. The van der Waals surface area contributed by atoms with Crippen LogP contribution in [0.2, 0.25) is 0 Å². The minimum absolute atomic E-state index is 0. The molecule has 2 heterocycles. The van der Waals surface area contributed by atoms with Crippen LogP contribution in [0.15, 0.2) is 11.3 Å². The summed E-state index contributed by atoms with van der Waals surface area (Å²) < 4.78 is 1.89. The zero-order valence-corrected chi connectivity index (χ0v) is 16.1. The van der Waals surface area contributed by atoms with Gasteiger partial charge in [0, 0.05) is 26.2 Å². The maximum Gasteiger partial charge on any atom is 0.191 e. The van der Waals surface area contributed by atoms with Gasteiger partial charge in [-0.25, -0.2) is 4.99 Å². The van der Waals surface area contributed by atoms with Gasteiger partial charge in [-0.1, -0.05) is 6.92 Å². The first-order valence-corrected chi connectivity index (χ1v) is 7.83. The van der Waals surface area contributed by atoms with E-state index in [1.807, 2.05) is 11.6 Å². The molecule has 1 aromatic rings. The molecule has 8 heteroatoms. The summed E-state index contributed by atoms with van der Waals surface area (Å²) in [5.41, 5.74) is 0. The van der Waals surface area contributed by atoms with Crippen LogP contribution in [0.25, 0.3) is 0 Å². The molecule has 0 aromatic carbocycles. The number of hydrogen-bond donors (Lipinski definition) is 2. The van der Waals surface area contributed by atoms with E-state index in [0.29, 0.717) is 12.6 Å². The SMILES string of the molecule is CCNC(=NCc1nncn1C)NCC1CCCN1CC.I. The van der Waals surface area contributed by atoms with Crippen molar-refractivity contribution in [3.8, 4) is 0 Å². The van der Waals surface area contributed by atoms with Gasteiger partial charge in [0.2, 0.25) is 0 Å². The number of hydrogen-bond acceptors (Lipinski definition) is 4. The number of aryl methyl sites for hydroxylation is 1. The Morgan fingerprint density at radius 2 is 2.23 bits per heavy atom. The van der Waals surface area contributed by atoms with Gasteiger partial charge in [-0.15, -0.1) is 34.2 Å². The van der Waals surface area contributed by atoms with E-state index < -0.39 is 0 Å². The smallest absolute Gasteiger partial charge is 0.191 e. The average molecular weight is 421 g/mol. The Bertz CT molecular complexity index is 460. The van der Waals surface area contributed by atoms with Gasteiger partial charge >= 0.3 is 0 Å². The summed E-state index contributed by atoms with van der Waals surface area (Å²) >= 11 is 0. The minimum Gasteiger partial charge on any atom is -0.357 e. The van der Waals surface area contributed by atoms with Crippen molar-refractivity contribution in [3.05, 3.63) is 12.2 Å². The third kappa shape index (κ3) is 5.38. The zero-order valence-electron chi connectivity index (χ0n) is 13.7. The summed E-state index contributed by atoms with van der Waals surface area (Å²) in [5, 5.41) is 14.7. The molecule has 126 valence electrons. The molecule has 7 nitrogen and oxygen atoms in total. The van der Waals surface area contributed by atoms with Crippen molar-refractivity contribution in [1.82, 2.24) is 30.3 Å². The second-order valence-corrected chi connectivity index (χ2v) is 5.36. The summed E-state index contributed by atoms with van der Waals surface area (Å²) in [6, 6.07) is 0.619. The summed E-state index contributed by atoms with van der Waals surface area (Å²) in [6.07, 6.45) is 4.26. The number of halogens is 1. The van der Waals surface area contributed by atoms with Crippen molar-refractivity contribution in [2.45, 2.75) is 39.3 Å². The Balaban J connectivity index is 0.00000242. The molecule has 0 saturated carbocycles. The van der Waals surface area contributed by atoms with Crippen molar-refractivity contribution >= 4 is 29.9 Å². The molecule has 2 rings (SSSR count). The van der Waals surface area contributed by atoms with E-state index in [-0.39, 0.29) is 24.0 Å². The van der Waals surface area contributed by atoms with Crippen LogP contribution in [0.5, 0.6) is 0 Å². The van der Waals surface area contributed by atoms with Gasteiger partial charge in [0.1, 0.15) is 12.9 Å². The molecule has 1 aliphatic heterocycles. The van der Waals surface area contributed by atoms with Crippen LogP contribution in [0.1, 0.15) is 32.5 Å². The number of guanidine groups is 1. The van der Waals surface area contributed by atoms with Gasteiger partial charge in [0.05, 0.1) is 0 Å². The van der Waals surface area contributed by atoms with Crippen LogP contribution in [0.3, 0.4) is 0 Å². The molecule has 1 atom stereocenters. The first-order valence-electron chi connectivity index (χ1n) is 7.83. The van der Waals surface area contributed by atoms with E-state index in [1.165, 1.54) is 19.4 Å². The lowest BCUT2D eigenvalue weighted by Gasteiger charge is -2.23. The molecule has 0 aliphatic carbocycles. The number of aromatic nitrogens is 3. The lowest BCUT2D eigenvalue weighted by Crippen LogP contribution is -2.44. The fourth-order valence-electron chi connectivity index (χ4n) is 2.70. The van der Waals surface area contributed by atoms with Gasteiger partial charge in [-0.3, -0.25) is 4.90 Å². The number of likely N-dealkylation sites (N-methyl/N-ethyl adjacent to an activating group) is 1. The van der Waals surface area contributed by atoms with Crippen molar-refractivity contribution < 1.29 is 0 Å². The minimum atomic E-state index is 0. The molecule has 1 unspecified atom stereocenters. The maximum atomic E-state index is 4.58.